The van der Waals surface area contributed by atoms with Crippen LogP contribution in [0.15, 0.2) is 55.2 Å². The quantitative estimate of drug-likeness (QED) is 0.609. The SMILES string of the molecule is Cc1cnc2c(Nc3ccc4cnccc4c3)nccn12. The number of anilines is 2. The molecule has 4 aromatic rings. The summed E-state index contributed by atoms with van der Waals surface area (Å²) in [7, 11) is 0. The van der Waals surface area contributed by atoms with Crippen molar-refractivity contribution in [2.75, 3.05) is 5.32 Å². The lowest BCUT2D eigenvalue weighted by molar-refractivity contribution is 1.08. The molecular formula is C16H13N5. The lowest BCUT2D eigenvalue weighted by Crippen LogP contribution is -1.98. The van der Waals surface area contributed by atoms with Gasteiger partial charge in [0.05, 0.1) is 0 Å². The fraction of sp³-hybridized carbons (Fsp3) is 0.0625. The molecule has 0 spiro atoms. The van der Waals surface area contributed by atoms with E-state index in [1.165, 1.54) is 0 Å². The van der Waals surface area contributed by atoms with Gasteiger partial charge in [0.1, 0.15) is 0 Å². The minimum Gasteiger partial charge on any atom is -0.337 e. The van der Waals surface area contributed by atoms with Crippen LogP contribution in [-0.4, -0.2) is 19.4 Å². The lowest BCUT2D eigenvalue weighted by atomic mass is 10.1. The van der Waals surface area contributed by atoms with Gasteiger partial charge in [-0.25, -0.2) is 9.97 Å². The fourth-order valence-corrected chi connectivity index (χ4v) is 2.43. The third kappa shape index (κ3) is 1.99. The molecule has 1 aromatic carbocycles. The second kappa shape index (κ2) is 4.56. The molecule has 0 amide bonds. The second-order valence-electron chi connectivity index (χ2n) is 4.93. The van der Waals surface area contributed by atoms with Gasteiger partial charge in [0.25, 0.3) is 0 Å². The van der Waals surface area contributed by atoms with Gasteiger partial charge in [0.2, 0.25) is 0 Å². The molecule has 102 valence electrons. The maximum atomic E-state index is 4.40. The van der Waals surface area contributed by atoms with E-state index in [-0.39, 0.29) is 0 Å². The molecule has 0 aliphatic heterocycles. The van der Waals surface area contributed by atoms with Crippen LogP contribution in [0.25, 0.3) is 16.4 Å². The molecule has 21 heavy (non-hydrogen) atoms. The molecule has 0 fully saturated rings. The van der Waals surface area contributed by atoms with Crippen molar-refractivity contribution in [2.24, 2.45) is 0 Å². The Labute approximate surface area is 121 Å². The number of nitrogens with one attached hydrogen (secondary N) is 1. The highest BCUT2D eigenvalue weighted by molar-refractivity contribution is 5.86. The Morgan fingerprint density at radius 1 is 1.00 bits per heavy atom. The van der Waals surface area contributed by atoms with Gasteiger partial charge in [-0.1, -0.05) is 6.07 Å². The van der Waals surface area contributed by atoms with Crippen LogP contribution in [0.2, 0.25) is 0 Å². The fourth-order valence-electron chi connectivity index (χ4n) is 2.43. The molecular weight excluding hydrogens is 262 g/mol. The Morgan fingerprint density at radius 3 is 2.90 bits per heavy atom. The maximum Gasteiger partial charge on any atom is 0.180 e. The van der Waals surface area contributed by atoms with Crippen LogP contribution in [0, 0.1) is 6.92 Å². The number of aryl methyl sites for hydroxylation is 1. The van der Waals surface area contributed by atoms with Crippen molar-refractivity contribution in [3.05, 3.63) is 60.9 Å². The number of hydrogen-bond acceptors (Lipinski definition) is 4. The van der Waals surface area contributed by atoms with Gasteiger partial charge in [-0.05, 0) is 30.5 Å². The predicted molar refractivity (Wildman–Crippen MR) is 82.7 cm³/mol. The largest absolute Gasteiger partial charge is 0.337 e. The van der Waals surface area contributed by atoms with Crippen LogP contribution in [0.1, 0.15) is 5.69 Å². The van der Waals surface area contributed by atoms with Gasteiger partial charge >= 0.3 is 0 Å². The zero-order chi connectivity index (χ0) is 14.2. The topological polar surface area (TPSA) is 55.1 Å². The summed E-state index contributed by atoms with van der Waals surface area (Å²) in [5.74, 6) is 0.749. The highest BCUT2D eigenvalue weighted by Gasteiger charge is 2.06. The van der Waals surface area contributed by atoms with Crippen LogP contribution < -0.4 is 5.32 Å². The van der Waals surface area contributed by atoms with Crippen molar-refractivity contribution in [3.63, 3.8) is 0 Å². The van der Waals surface area contributed by atoms with Crippen molar-refractivity contribution >= 4 is 27.9 Å². The molecule has 3 aromatic heterocycles. The highest BCUT2D eigenvalue weighted by Crippen LogP contribution is 2.23. The van der Waals surface area contributed by atoms with Crippen molar-refractivity contribution in [1.82, 2.24) is 19.4 Å². The molecule has 0 unspecified atom stereocenters. The van der Waals surface area contributed by atoms with E-state index in [1.807, 2.05) is 48.1 Å². The van der Waals surface area contributed by atoms with Crippen LogP contribution in [0.4, 0.5) is 11.5 Å². The summed E-state index contributed by atoms with van der Waals surface area (Å²) < 4.78 is 2.01. The first-order chi connectivity index (χ1) is 10.3. The van der Waals surface area contributed by atoms with Crippen molar-refractivity contribution < 1.29 is 0 Å². The van der Waals surface area contributed by atoms with Gasteiger partial charge in [-0.3, -0.25) is 9.38 Å². The van der Waals surface area contributed by atoms with Gasteiger partial charge in [0.15, 0.2) is 11.5 Å². The average Bonchev–Trinajstić information content (AvgIpc) is 2.90. The Hall–Kier alpha value is -2.95. The van der Waals surface area contributed by atoms with E-state index >= 15 is 0 Å². The standard InChI is InChI=1S/C16H13N5/c1-11-9-19-16-15(18-6-7-21(11)16)20-14-3-2-13-10-17-5-4-12(13)8-14/h2-10H,1H3,(H,18,20). The van der Waals surface area contributed by atoms with Crippen molar-refractivity contribution in [1.29, 1.82) is 0 Å². The number of rotatable bonds is 2. The Bertz CT molecular complexity index is 942. The number of imidazole rings is 1. The van der Waals surface area contributed by atoms with E-state index in [0.29, 0.717) is 0 Å². The van der Waals surface area contributed by atoms with Crippen LogP contribution in [0.3, 0.4) is 0 Å². The smallest absolute Gasteiger partial charge is 0.180 e. The number of fused-ring (bicyclic) bond motifs is 2. The van der Waals surface area contributed by atoms with Gasteiger partial charge in [0, 0.05) is 47.8 Å². The van der Waals surface area contributed by atoms with Gasteiger partial charge in [-0.15, -0.1) is 0 Å². The number of aromatic nitrogens is 4. The summed E-state index contributed by atoms with van der Waals surface area (Å²) >= 11 is 0. The normalized spacial score (nSPS) is 11.1. The summed E-state index contributed by atoms with van der Waals surface area (Å²) in [4.78, 5) is 12.9. The summed E-state index contributed by atoms with van der Waals surface area (Å²) in [5.41, 5.74) is 2.89. The molecule has 0 aliphatic rings. The summed E-state index contributed by atoms with van der Waals surface area (Å²) in [5, 5.41) is 5.59. The van der Waals surface area contributed by atoms with E-state index in [2.05, 4.69) is 26.3 Å². The molecule has 1 N–H and O–H groups in total. The molecule has 5 nitrogen and oxygen atoms in total. The Morgan fingerprint density at radius 2 is 1.95 bits per heavy atom. The molecule has 0 saturated heterocycles. The minimum atomic E-state index is 0.749. The first kappa shape index (κ1) is 11.8. The molecule has 4 rings (SSSR count). The molecule has 5 heteroatoms. The zero-order valence-corrected chi connectivity index (χ0v) is 11.5. The summed E-state index contributed by atoms with van der Waals surface area (Å²) in [6.45, 7) is 2.02. The van der Waals surface area contributed by atoms with Crippen LogP contribution >= 0.6 is 0 Å². The minimum absolute atomic E-state index is 0.749. The van der Waals surface area contributed by atoms with Crippen molar-refractivity contribution in [3.8, 4) is 0 Å². The third-order valence-electron chi connectivity index (χ3n) is 3.52. The van der Waals surface area contributed by atoms with E-state index < -0.39 is 0 Å². The number of pyridine rings is 1. The van der Waals surface area contributed by atoms with E-state index in [1.54, 1.807) is 12.4 Å². The average molecular weight is 275 g/mol. The van der Waals surface area contributed by atoms with E-state index in [0.717, 1.165) is 33.6 Å². The monoisotopic (exact) mass is 275 g/mol. The lowest BCUT2D eigenvalue weighted by Gasteiger charge is -2.08. The molecule has 0 aliphatic carbocycles. The maximum absolute atomic E-state index is 4.40. The van der Waals surface area contributed by atoms with Crippen molar-refractivity contribution in [2.45, 2.75) is 6.92 Å². The molecule has 0 saturated carbocycles. The number of hydrogen-bond donors (Lipinski definition) is 1. The number of nitrogens with zero attached hydrogens (tertiary/aromatic N) is 4. The number of benzene rings is 1. The predicted octanol–water partition coefficient (Wildman–Crippen LogP) is 3.33. The summed E-state index contributed by atoms with van der Waals surface area (Å²) in [6, 6.07) is 8.14. The first-order valence-electron chi connectivity index (χ1n) is 6.71. The highest BCUT2D eigenvalue weighted by atomic mass is 15.1. The second-order valence-corrected chi connectivity index (χ2v) is 4.93. The molecule has 0 radical (unpaired) electrons. The summed E-state index contributed by atoms with van der Waals surface area (Å²) in [6.07, 6.45) is 9.18. The van der Waals surface area contributed by atoms with E-state index in [4.69, 9.17) is 0 Å². The van der Waals surface area contributed by atoms with E-state index in [9.17, 15) is 0 Å². The van der Waals surface area contributed by atoms with Gasteiger partial charge < -0.3 is 5.32 Å². The molecule has 3 heterocycles. The van der Waals surface area contributed by atoms with Gasteiger partial charge in [-0.2, -0.15) is 0 Å². The third-order valence-corrected chi connectivity index (χ3v) is 3.52. The molecule has 0 atom stereocenters. The zero-order valence-electron chi connectivity index (χ0n) is 11.5. The Kier molecular flexibility index (Phi) is 2.57. The van der Waals surface area contributed by atoms with Crippen LogP contribution in [0.5, 0.6) is 0 Å². The van der Waals surface area contributed by atoms with Crippen LogP contribution in [-0.2, 0) is 0 Å². The molecule has 0 bridgehead atoms. The first-order valence-corrected chi connectivity index (χ1v) is 6.71. The Balaban J connectivity index is 1.79.